The van der Waals surface area contributed by atoms with Crippen molar-refractivity contribution in [2.75, 3.05) is 6.61 Å². The summed E-state index contributed by atoms with van der Waals surface area (Å²) in [5, 5.41) is 1.17. The third-order valence-corrected chi connectivity index (χ3v) is 4.19. The SMILES string of the molecule is CCCCCCCc1cc2ccc(C(=O)OCCCC)cc2[nH]1. The minimum atomic E-state index is -0.226. The zero-order valence-electron chi connectivity index (χ0n) is 14.5. The first-order chi connectivity index (χ1) is 11.2. The number of H-pyrrole nitrogens is 1. The van der Waals surface area contributed by atoms with E-state index in [9.17, 15) is 4.79 Å². The van der Waals surface area contributed by atoms with Gasteiger partial charge in [-0.1, -0.05) is 52.0 Å². The fourth-order valence-electron chi connectivity index (χ4n) is 2.76. The van der Waals surface area contributed by atoms with E-state index < -0.39 is 0 Å². The van der Waals surface area contributed by atoms with Crippen molar-refractivity contribution in [2.45, 2.75) is 65.2 Å². The quantitative estimate of drug-likeness (QED) is 0.455. The summed E-state index contributed by atoms with van der Waals surface area (Å²) in [7, 11) is 0. The summed E-state index contributed by atoms with van der Waals surface area (Å²) in [6.45, 7) is 4.83. The third-order valence-electron chi connectivity index (χ3n) is 4.19. The van der Waals surface area contributed by atoms with Gasteiger partial charge in [0.05, 0.1) is 12.2 Å². The molecule has 126 valence electrons. The Morgan fingerprint density at radius 2 is 1.78 bits per heavy atom. The number of rotatable bonds is 10. The molecule has 0 fully saturated rings. The van der Waals surface area contributed by atoms with Crippen LogP contribution in [0.1, 0.15) is 74.8 Å². The van der Waals surface area contributed by atoms with E-state index in [4.69, 9.17) is 4.74 Å². The number of hydrogen-bond acceptors (Lipinski definition) is 2. The summed E-state index contributed by atoms with van der Waals surface area (Å²) in [6, 6.07) is 7.96. The molecular formula is C20H29NO2. The molecular weight excluding hydrogens is 286 g/mol. The van der Waals surface area contributed by atoms with Crippen LogP contribution >= 0.6 is 0 Å². The fourth-order valence-corrected chi connectivity index (χ4v) is 2.76. The van der Waals surface area contributed by atoms with Crippen molar-refractivity contribution in [1.29, 1.82) is 0 Å². The summed E-state index contributed by atoms with van der Waals surface area (Å²) in [4.78, 5) is 15.4. The molecule has 3 nitrogen and oxygen atoms in total. The standard InChI is InChI=1S/C20H29NO2/c1-3-5-7-8-9-10-18-14-16-11-12-17(15-19(16)21-18)20(22)23-13-6-4-2/h11-12,14-15,21H,3-10,13H2,1-2H3. The zero-order chi connectivity index (χ0) is 16.5. The highest BCUT2D eigenvalue weighted by Gasteiger charge is 2.09. The van der Waals surface area contributed by atoms with Crippen molar-refractivity contribution in [2.24, 2.45) is 0 Å². The van der Waals surface area contributed by atoms with Crippen LogP contribution < -0.4 is 0 Å². The number of carbonyl (C=O) groups excluding carboxylic acids is 1. The number of aromatic nitrogens is 1. The highest BCUT2D eigenvalue weighted by atomic mass is 16.5. The molecule has 0 bridgehead atoms. The lowest BCUT2D eigenvalue weighted by Gasteiger charge is -2.03. The molecule has 0 unspecified atom stereocenters. The Bertz CT molecular complexity index is 615. The molecule has 0 saturated heterocycles. The Balaban J connectivity index is 1.93. The molecule has 3 heteroatoms. The zero-order valence-corrected chi connectivity index (χ0v) is 14.5. The van der Waals surface area contributed by atoms with Gasteiger partial charge in [0, 0.05) is 11.2 Å². The molecule has 0 atom stereocenters. The van der Waals surface area contributed by atoms with Crippen LogP contribution in [-0.2, 0) is 11.2 Å². The first-order valence-electron chi connectivity index (χ1n) is 9.03. The van der Waals surface area contributed by atoms with E-state index in [0.717, 1.165) is 24.8 Å². The van der Waals surface area contributed by atoms with E-state index in [1.807, 2.05) is 18.2 Å². The average molecular weight is 315 g/mol. The molecule has 1 aromatic carbocycles. The van der Waals surface area contributed by atoms with Gasteiger partial charge in [0.2, 0.25) is 0 Å². The van der Waals surface area contributed by atoms with Gasteiger partial charge in [-0.15, -0.1) is 0 Å². The molecule has 0 radical (unpaired) electrons. The second-order valence-electron chi connectivity index (χ2n) is 6.25. The number of aryl methyl sites for hydroxylation is 1. The smallest absolute Gasteiger partial charge is 0.338 e. The summed E-state index contributed by atoms with van der Waals surface area (Å²) in [5.41, 5.74) is 2.91. The van der Waals surface area contributed by atoms with Gasteiger partial charge in [-0.3, -0.25) is 0 Å². The highest BCUT2D eigenvalue weighted by Crippen LogP contribution is 2.19. The van der Waals surface area contributed by atoms with Crippen LogP contribution in [0, 0.1) is 0 Å². The number of fused-ring (bicyclic) bond motifs is 1. The molecule has 0 amide bonds. The molecule has 0 spiro atoms. The van der Waals surface area contributed by atoms with E-state index in [1.54, 1.807) is 0 Å². The summed E-state index contributed by atoms with van der Waals surface area (Å²) in [5.74, 6) is -0.226. The normalized spacial score (nSPS) is 11.0. The second-order valence-corrected chi connectivity index (χ2v) is 6.25. The molecule has 1 aromatic heterocycles. The van der Waals surface area contributed by atoms with Crippen LogP contribution in [0.25, 0.3) is 10.9 Å². The third kappa shape index (κ3) is 5.42. The van der Waals surface area contributed by atoms with Gasteiger partial charge in [-0.05, 0) is 42.8 Å². The van der Waals surface area contributed by atoms with Crippen molar-refractivity contribution >= 4 is 16.9 Å². The minimum Gasteiger partial charge on any atom is -0.462 e. The Kier molecular flexibility index (Phi) is 7.18. The number of hydrogen-bond donors (Lipinski definition) is 1. The lowest BCUT2D eigenvalue weighted by atomic mass is 10.1. The van der Waals surface area contributed by atoms with Gasteiger partial charge in [-0.2, -0.15) is 0 Å². The number of aromatic amines is 1. The summed E-state index contributed by atoms with van der Waals surface area (Å²) < 4.78 is 5.27. The van der Waals surface area contributed by atoms with Crippen molar-refractivity contribution < 1.29 is 9.53 Å². The lowest BCUT2D eigenvalue weighted by Crippen LogP contribution is -2.06. The van der Waals surface area contributed by atoms with E-state index in [1.165, 1.54) is 43.2 Å². The Morgan fingerprint density at radius 1 is 1.00 bits per heavy atom. The molecule has 0 aliphatic carbocycles. The number of ether oxygens (including phenoxy) is 1. The molecule has 23 heavy (non-hydrogen) atoms. The monoisotopic (exact) mass is 315 g/mol. The molecule has 2 aromatic rings. The van der Waals surface area contributed by atoms with Gasteiger partial charge in [0.25, 0.3) is 0 Å². The first kappa shape index (κ1) is 17.6. The van der Waals surface area contributed by atoms with Crippen LogP contribution in [0.3, 0.4) is 0 Å². The van der Waals surface area contributed by atoms with Crippen LogP contribution in [0.2, 0.25) is 0 Å². The van der Waals surface area contributed by atoms with Crippen LogP contribution in [0.15, 0.2) is 24.3 Å². The van der Waals surface area contributed by atoms with Gasteiger partial charge in [0.1, 0.15) is 0 Å². The van der Waals surface area contributed by atoms with Gasteiger partial charge < -0.3 is 9.72 Å². The van der Waals surface area contributed by atoms with E-state index >= 15 is 0 Å². The van der Waals surface area contributed by atoms with Gasteiger partial charge in [0.15, 0.2) is 0 Å². The second kappa shape index (κ2) is 9.39. The Morgan fingerprint density at radius 3 is 2.57 bits per heavy atom. The van der Waals surface area contributed by atoms with Crippen LogP contribution in [0.5, 0.6) is 0 Å². The molecule has 0 aliphatic rings. The summed E-state index contributed by atoms with van der Waals surface area (Å²) >= 11 is 0. The van der Waals surface area contributed by atoms with Crippen LogP contribution in [-0.4, -0.2) is 17.6 Å². The van der Waals surface area contributed by atoms with Crippen molar-refractivity contribution in [3.8, 4) is 0 Å². The maximum absolute atomic E-state index is 12.0. The van der Waals surface area contributed by atoms with Crippen molar-refractivity contribution in [3.05, 3.63) is 35.5 Å². The molecule has 1 heterocycles. The van der Waals surface area contributed by atoms with E-state index in [0.29, 0.717) is 12.2 Å². The number of unbranched alkanes of at least 4 members (excludes halogenated alkanes) is 5. The highest BCUT2D eigenvalue weighted by molar-refractivity contribution is 5.94. The number of nitrogens with one attached hydrogen (secondary N) is 1. The predicted octanol–water partition coefficient (Wildman–Crippen LogP) is 5.64. The maximum Gasteiger partial charge on any atom is 0.338 e. The lowest BCUT2D eigenvalue weighted by molar-refractivity contribution is 0.0500. The largest absolute Gasteiger partial charge is 0.462 e. The van der Waals surface area contributed by atoms with Gasteiger partial charge >= 0.3 is 5.97 Å². The average Bonchev–Trinajstić information content (AvgIpc) is 2.96. The molecule has 0 saturated carbocycles. The number of benzene rings is 1. The number of esters is 1. The topological polar surface area (TPSA) is 42.1 Å². The van der Waals surface area contributed by atoms with Gasteiger partial charge in [-0.25, -0.2) is 4.79 Å². The van der Waals surface area contributed by atoms with E-state index in [-0.39, 0.29) is 5.97 Å². The number of carbonyl (C=O) groups is 1. The van der Waals surface area contributed by atoms with Crippen LogP contribution in [0.4, 0.5) is 0 Å². The first-order valence-corrected chi connectivity index (χ1v) is 9.03. The Hall–Kier alpha value is -1.77. The Labute approximate surface area is 139 Å². The maximum atomic E-state index is 12.0. The van der Waals surface area contributed by atoms with Crippen molar-refractivity contribution in [3.63, 3.8) is 0 Å². The molecule has 1 N–H and O–H groups in total. The predicted molar refractivity (Wildman–Crippen MR) is 96.0 cm³/mol. The van der Waals surface area contributed by atoms with Crippen molar-refractivity contribution in [1.82, 2.24) is 4.98 Å². The molecule has 2 rings (SSSR count). The van der Waals surface area contributed by atoms with E-state index in [2.05, 4.69) is 24.9 Å². The fraction of sp³-hybridized carbons (Fsp3) is 0.550. The summed E-state index contributed by atoms with van der Waals surface area (Å²) in [6.07, 6.45) is 9.47. The minimum absolute atomic E-state index is 0.226. The molecule has 0 aliphatic heterocycles.